The van der Waals surface area contributed by atoms with Gasteiger partial charge in [0.1, 0.15) is 5.75 Å². The van der Waals surface area contributed by atoms with E-state index < -0.39 is 0 Å². The lowest BCUT2D eigenvalue weighted by Crippen LogP contribution is -2.51. The van der Waals surface area contributed by atoms with Crippen LogP contribution >= 0.6 is 0 Å². The monoisotopic (exact) mass is 289 g/mol. The molecule has 1 aromatic rings. The summed E-state index contributed by atoms with van der Waals surface area (Å²) in [4.78, 5) is 25.6. The first-order valence-corrected chi connectivity index (χ1v) is 7.33. The summed E-state index contributed by atoms with van der Waals surface area (Å²) in [5, 5.41) is 9.79. The van der Waals surface area contributed by atoms with E-state index in [-0.39, 0.29) is 29.4 Å². The maximum atomic E-state index is 12.7. The number of ether oxygens (including phenoxy) is 1. The minimum Gasteiger partial charge on any atom is -0.507 e. The highest BCUT2D eigenvalue weighted by Gasteiger charge is 2.38. The molecule has 2 aliphatic rings. The molecule has 5 nitrogen and oxygen atoms in total. The number of benzene rings is 1. The number of aldehydes is 1. The molecule has 0 bridgehead atoms. The Bertz CT molecular complexity index is 584. The maximum Gasteiger partial charge on any atom is 0.254 e. The van der Waals surface area contributed by atoms with Crippen LogP contribution in [0, 0.1) is 6.92 Å². The summed E-state index contributed by atoms with van der Waals surface area (Å²) in [6.45, 7) is 2.83. The maximum absolute atomic E-state index is 12.7. The smallest absolute Gasteiger partial charge is 0.254 e. The highest BCUT2D eigenvalue weighted by Crippen LogP contribution is 2.31. The number of carbonyl (C=O) groups is 2. The van der Waals surface area contributed by atoms with Gasteiger partial charge in [-0.2, -0.15) is 0 Å². The molecular weight excluding hydrogens is 270 g/mol. The lowest BCUT2D eigenvalue weighted by molar-refractivity contribution is -0.0445. The number of amides is 1. The van der Waals surface area contributed by atoms with Gasteiger partial charge in [-0.1, -0.05) is 0 Å². The predicted octanol–water partition coefficient (Wildman–Crippen LogP) is 1.91. The van der Waals surface area contributed by atoms with Crippen molar-refractivity contribution in [3.63, 3.8) is 0 Å². The molecule has 0 unspecified atom stereocenters. The van der Waals surface area contributed by atoms with Crippen molar-refractivity contribution in [1.29, 1.82) is 0 Å². The van der Waals surface area contributed by atoms with E-state index in [1.54, 1.807) is 13.0 Å². The van der Waals surface area contributed by atoms with E-state index in [1.807, 2.05) is 4.90 Å². The van der Waals surface area contributed by atoms with Crippen LogP contribution in [0.1, 0.15) is 45.5 Å². The zero-order chi connectivity index (χ0) is 15.0. The molecule has 1 aromatic carbocycles. The van der Waals surface area contributed by atoms with Crippen LogP contribution in [0.3, 0.4) is 0 Å². The van der Waals surface area contributed by atoms with Gasteiger partial charge in [-0.15, -0.1) is 0 Å². The lowest BCUT2D eigenvalue weighted by Gasteiger charge is -2.37. The Balaban J connectivity index is 1.91. The van der Waals surface area contributed by atoms with Crippen LogP contribution in [0.15, 0.2) is 12.1 Å². The molecule has 0 radical (unpaired) electrons. The molecule has 1 saturated heterocycles. The summed E-state index contributed by atoms with van der Waals surface area (Å²) in [5.41, 5.74) is 1.16. The third-order valence-electron chi connectivity index (χ3n) is 4.45. The predicted molar refractivity (Wildman–Crippen MR) is 76.6 cm³/mol. The van der Waals surface area contributed by atoms with Crippen LogP contribution < -0.4 is 0 Å². The number of rotatable bonds is 2. The van der Waals surface area contributed by atoms with Crippen molar-refractivity contribution in [1.82, 2.24) is 4.90 Å². The van der Waals surface area contributed by atoms with E-state index >= 15 is 0 Å². The number of nitrogens with zero attached hydrogens (tertiary/aromatic N) is 1. The summed E-state index contributed by atoms with van der Waals surface area (Å²) >= 11 is 0. The van der Waals surface area contributed by atoms with Crippen LogP contribution in [0.25, 0.3) is 0 Å². The molecular formula is C16H19NO4. The van der Waals surface area contributed by atoms with E-state index in [2.05, 4.69) is 0 Å². The molecule has 2 atom stereocenters. The first kappa shape index (κ1) is 14.1. The third kappa shape index (κ3) is 2.42. The Morgan fingerprint density at radius 3 is 3.00 bits per heavy atom. The molecule has 1 aliphatic carbocycles. The second kappa shape index (κ2) is 5.48. The van der Waals surface area contributed by atoms with Gasteiger partial charge < -0.3 is 14.7 Å². The van der Waals surface area contributed by atoms with Gasteiger partial charge in [0.25, 0.3) is 5.91 Å². The number of aryl methyl sites for hydroxylation is 1. The van der Waals surface area contributed by atoms with Gasteiger partial charge in [-0.05, 0) is 43.9 Å². The van der Waals surface area contributed by atoms with Crippen molar-refractivity contribution in [3.8, 4) is 5.75 Å². The largest absolute Gasteiger partial charge is 0.507 e. The zero-order valence-electron chi connectivity index (χ0n) is 12.0. The molecule has 5 heteroatoms. The first-order valence-electron chi connectivity index (χ1n) is 7.33. The quantitative estimate of drug-likeness (QED) is 0.845. The van der Waals surface area contributed by atoms with Crippen molar-refractivity contribution in [2.75, 3.05) is 13.2 Å². The van der Waals surface area contributed by atoms with E-state index in [4.69, 9.17) is 4.74 Å². The summed E-state index contributed by atoms with van der Waals surface area (Å²) < 4.78 is 5.72. The number of carbonyl (C=O) groups excluding carboxylic acids is 2. The normalized spacial score (nSPS) is 24.7. The number of morpholine rings is 1. The van der Waals surface area contributed by atoms with Crippen molar-refractivity contribution >= 4 is 12.2 Å². The standard InChI is InChI=1S/C16H19NO4/c1-10-7-11(8-12(9-18)15(10)19)16(20)17-5-6-21-14-4-2-3-13(14)17/h7-9,13-14,19H,2-6H2,1H3/t13-,14+/m0/s1. The van der Waals surface area contributed by atoms with E-state index in [0.717, 1.165) is 19.3 Å². The second-order valence-corrected chi connectivity index (χ2v) is 5.75. The van der Waals surface area contributed by atoms with Gasteiger partial charge in [0.2, 0.25) is 0 Å². The van der Waals surface area contributed by atoms with Crippen molar-refractivity contribution in [3.05, 3.63) is 28.8 Å². The van der Waals surface area contributed by atoms with Crippen LogP contribution in [-0.2, 0) is 4.74 Å². The van der Waals surface area contributed by atoms with Gasteiger partial charge in [0.05, 0.1) is 24.3 Å². The fraction of sp³-hybridized carbons (Fsp3) is 0.500. The zero-order valence-corrected chi connectivity index (χ0v) is 12.0. The summed E-state index contributed by atoms with van der Waals surface area (Å²) in [5.74, 6) is -0.135. The average molecular weight is 289 g/mol. The highest BCUT2D eigenvalue weighted by molar-refractivity contribution is 5.97. The fourth-order valence-electron chi connectivity index (χ4n) is 3.36. The van der Waals surface area contributed by atoms with Crippen molar-refractivity contribution < 1.29 is 19.4 Å². The minimum absolute atomic E-state index is 0.0535. The summed E-state index contributed by atoms with van der Waals surface area (Å²) in [7, 11) is 0. The molecule has 0 aromatic heterocycles. The van der Waals surface area contributed by atoms with Gasteiger partial charge in [0, 0.05) is 12.1 Å². The van der Waals surface area contributed by atoms with Crippen LogP contribution in [0.2, 0.25) is 0 Å². The number of fused-ring (bicyclic) bond motifs is 1. The number of phenolic OH excluding ortho intramolecular Hbond substituents is 1. The number of hydrogen-bond acceptors (Lipinski definition) is 4. The fourth-order valence-corrected chi connectivity index (χ4v) is 3.36. The molecule has 1 saturated carbocycles. The highest BCUT2D eigenvalue weighted by atomic mass is 16.5. The molecule has 1 heterocycles. The van der Waals surface area contributed by atoms with Crippen LogP contribution in [-0.4, -0.2) is 47.5 Å². The number of phenols is 1. The number of aromatic hydroxyl groups is 1. The minimum atomic E-state index is -0.0820. The Morgan fingerprint density at radius 2 is 2.24 bits per heavy atom. The third-order valence-corrected chi connectivity index (χ3v) is 4.45. The molecule has 1 N–H and O–H groups in total. The van der Waals surface area contributed by atoms with Gasteiger partial charge >= 0.3 is 0 Å². The van der Waals surface area contributed by atoms with Gasteiger partial charge in [0.15, 0.2) is 6.29 Å². The molecule has 21 heavy (non-hydrogen) atoms. The first-order chi connectivity index (χ1) is 10.1. The molecule has 1 aliphatic heterocycles. The molecule has 1 amide bonds. The number of hydrogen-bond donors (Lipinski definition) is 1. The topological polar surface area (TPSA) is 66.8 Å². The van der Waals surface area contributed by atoms with E-state index in [0.29, 0.717) is 30.6 Å². The Hall–Kier alpha value is -1.88. The van der Waals surface area contributed by atoms with Gasteiger partial charge in [-0.25, -0.2) is 0 Å². The Labute approximate surface area is 123 Å². The lowest BCUT2D eigenvalue weighted by atomic mass is 10.0. The molecule has 0 spiro atoms. The average Bonchev–Trinajstić information content (AvgIpc) is 2.97. The van der Waals surface area contributed by atoms with Crippen molar-refractivity contribution in [2.45, 2.75) is 38.3 Å². The SMILES string of the molecule is Cc1cc(C(=O)N2CCO[C@@H]3CCC[C@@H]32)cc(C=O)c1O. The summed E-state index contributed by atoms with van der Waals surface area (Å²) in [6, 6.07) is 3.25. The second-order valence-electron chi connectivity index (χ2n) is 5.75. The van der Waals surface area contributed by atoms with Gasteiger partial charge in [-0.3, -0.25) is 9.59 Å². The van der Waals surface area contributed by atoms with Crippen molar-refractivity contribution in [2.24, 2.45) is 0 Å². The molecule has 3 rings (SSSR count). The van der Waals surface area contributed by atoms with Crippen LogP contribution in [0.4, 0.5) is 0 Å². The van der Waals surface area contributed by atoms with E-state index in [1.165, 1.54) is 6.07 Å². The van der Waals surface area contributed by atoms with Crippen LogP contribution in [0.5, 0.6) is 5.75 Å². The summed E-state index contributed by atoms with van der Waals surface area (Å²) in [6.07, 6.45) is 3.77. The van der Waals surface area contributed by atoms with E-state index in [9.17, 15) is 14.7 Å². The Kier molecular flexibility index (Phi) is 3.68. The molecule has 112 valence electrons. The Morgan fingerprint density at radius 1 is 1.43 bits per heavy atom. The molecule has 2 fully saturated rings.